The van der Waals surface area contributed by atoms with Crippen LogP contribution in [0.25, 0.3) is 0 Å². The van der Waals surface area contributed by atoms with Gasteiger partial charge >= 0.3 is 0 Å². The molecule has 0 amide bonds. The summed E-state index contributed by atoms with van der Waals surface area (Å²) < 4.78 is 29.3. The Morgan fingerprint density at radius 3 is 2.82 bits per heavy atom. The first-order valence-corrected chi connectivity index (χ1v) is 8.03. The van der Waals surface area contributed by atoms with Crippen LogP contribution in [0.4, 0.5) is 0 Å². The second kappa shape index (κ2) is 6.68. The first-order chi connectivity index (χ1) is 7.96. The van der Waals surface area contributed by atoms with Gasteiger partial charge in [0.2, 0.25) is 0 Å². The van der Waals surface area contributed by atoms with Crippen LogP contribution in [0.2, 0.25) is 0 Å². The molecule has 5 nitrogen and oxygen atoms in total. The Hall–Kier alpha value is -0.170. The standard InChI is InChI=1S/C11H24N2O3S/c1-3-13-4-5-16-11(7-13)9-17(14,15)8-10(2)6-12/h10-11H,3-9,12H2,1-2H3. The molecular weight excluding hydrogens is 240 g/mol. The third-order valence-electron chi connectivity index (χ3n) is 3.05. The molecule has 1 saturated heterocycles. The SMILES string of the molecule is CCN1CCOC(CS(=O)(=O)CC(C)CN)C1. The maximum absolute atomic E-state index is 11.9. The maximum Gasteiger partial charge on any atom is 0.153 e. The third-order valence-corrected chi connectivity index (χ3v) is 5.01. The average molecular weight is 264 g/mol. The highest BCUT2D eigenvalue weighted by Gasteiger charge is 2.26. The van der Waals surface area contributed by atoms with E-state index in [0.717, 1.165) is 13.1 Å². The number of hydrogen-bond donors (Lipinski definition) is 1. The zero-order valence-electron chi connectivity index (χ0n) is 10.8. The fourth-order valence-corrected chi connectivity index (χ4v) is 3.93. The summed E-state index contributed by atoms with van der Waals surface area (Å²) in [5, 5.41) is 0. The van der Waals surface area contributed by atoms with Gasteiger partial charge in [-0.3, -0.25) is 4.90 Å². The Morgan fingerprint density at radius 2 is 2.24 bits per heavy atom. The molecule has 0 saturated carbocycles. The zero-order valence-corrected chi connectivity index (χ0v) is 11.6. The molecule has 0 spiro atoms. The highest BCUT2D eigenvalue weighted by Crippen LogP contribution is 2.10. The second-order valence-electron chi connectivity index (χ2n) is 4.80. The van der Waals surface area contributed by atoms with Gasteiger partial charge in [-0.2, -0.15) is 0 Å². The lowest BCUT2D eigenvalue weighted by Gasteiger charge is -2.32. The summed E-state index contributed by atoms with van der Waals surface area (Å²) in [7, 11) is -3.06. The van der Waals surface area contributed by atoms with Gasteiger partial charge in [-0.1, -0.05) is 13.8 Å². The van der Waals surface area contributed by atoms with Crippen molar-refractivity contribution in [2.45, 2.75) is 20.0 Å². The summed E-state index contributed by atoms with van der Waals surface area (Å²) in [5.41, 5.74) is 5.45. The quantitative estimate of drug-likeness (QED) is 0.714. The minimum atomic E-state index is -3.06. The van der Waals surface area contributed by atoms with E-state index in [1.54, 1.807) is 0 Å². The fourth-order valence-electron chi connectivity index (χ4n) is 2.02. The van der Waals surface area contributed by atoms with E-state index in [1.165, 1.54) is 0 Å². The number of nitrogens with two attached hydrogens (primary N) is 1. The van der Waals surface area contributed by atoms with E-state index in [4.69, 9.17) is 10.5 Å². The minimum absolute atomic E-state index is 0.0193. The summed E-state index contributed by atoms with van der Waals surface area (Å²) in [5.74, 6) is 0.300. The van der Waals surface area contributed by atoms with E-state index >= 15 is 0 Å². The van der Waals surface area contributed by atoms with Crippen molar-refractivity contribution in [2.75, 3.05) is 44.3 Å². The Labute approximate surface area is 104 Å². The molecule has 1 rings (SSSR count). The molecule has 2 N–H and O–H groups in total. The molecule has 0 bridgehead atoms. The number of likely N-dealkylation sites (N-methyl/N-ethyl adjacent to an activating group) is 1. The molecule has 102 valence electrons. The van der Waals surface area contributed by atoms with Crippen LogP contribution >= 0.6 is 0 Å². The van der Waals surface area contributed by atoms with Crippen LogP contribution in [0.1, 0.15) is 13.8 Å². The molecular formula is C11H24N2O3S. The smallest absolute Gasteiger partial charge is 0.153 e. The van der Waals surface area contributed by atoms with Gasteiger partial charge in [0.05, 0.1) is 24.2 Å². The number of hydrogen-bond acceptors (Lipinski definition) is 5. The molecule has 2 atom stereocenters. The van der Waals surface area contributed by atoms with Gasteiger partial charge in [-0.25, -0.2) is 8.42 Å². The topological polar surface area (TPSA) is 72.6 Å². The second-order valence-corrected chi connectivity index (χ2v) is 6.96. The zero-order chi connectivity index (χ0) is 12.9. The van der Waals surface area contributed by atoms with Gasteiger partial charge in [0, 0.05) is 13.1 Å². The van der Waals surface area contributed by atoms with E-state index in [2.05, 4.69) is 11.8 Å². The van der Waals surface area contributed by atoms with Crippen LogP contribution in [0, 0.1) is 5.92 Å². The molecule has 6 heteroatoms. The summed E-state index contributed by atoms with van der Waals surface area (Å²) >= 11 is 0. The van der Waals surface area contributed by atoms with Gasteiger partial charge in [-0.15, -0.1) is 0 Å². The molecule has 1 heterocycles. The van der Waals surface area contributed by atoms with Crippen LogP contribution in [0.3, 0.4) is 0 Å². The van der Waals surface area contributed by atoms with E-state index in [-0.39, 0.29) is 23.5 Å². The van der Waals surface area contributed by atoms with Crippen LogP contribution in [0.5, 0.6) is 0 Å². The molecule has 2 unspecified atom stereocenters. The Morgan fingerprint density at radius 1 is 1.53 bits per heavy atom. The van der Waals surface area contributed by atoms with Gasteiger partial charge in [-0.05, 0) is 19.0 Å². The molecule has 1 aliphatic rings. The van der Waals surface area contributed by atoms with Gasteiger partial charge < -0.3 is 10.5 Å². The normalized spacial score (nSPS) is 24.8. The van der Waals surface area contributed by atoms with Crippen LogP contribution in [-0.2, 0) is 14.6 Å². The van der Waals surface area contributed by atoms with Gasteiger partial charge in [0.15, 0.2) is 9.84 Å². The molecule has 0 aromatic heterocycles. The van der Waals surface area contributed by atoms with Crippen LogP contribution in [-0.4, -0.2) is 63.7 Å². The predicted octanol–water partition coefficient (Wildman–Crippen LogP) is -0.283. The lowest BCUT2D eigenvalue weighted by atomic mass is 10.2. The molecule has 1 fully saturated rings. The highest BCUT2D eigenvalue weighted by molar-refractivity contribution is 7.91. The molecule has 0 radical (unpaired) electrons. The number of morpholine rings is 1. The van der Waals surface area contributed by atoms with Crippen molar-refractivity contribution in [3.05, 3.63) is 0 Å². The first kappa shape index (κ1) is 14.9. The fraction of sp³-hybridized carbons (Fsp3) is 1.00. The molecule has 0 aromatic rings. The molecule has 1 aliphatic heterocycles. The molecule has 0 aromatic carbocycles. The van der Waals surface area contributed by atoms with Crippen molar-refractivity contribution in [1.82, 2.24) is 4.90 Å². The van der Waals surface area contributed by atoms with Crippen molar-refractivity contribution in [1.29, 1.82) is 0 Å². The number of sulfone groups is 1. The highest BCUT2D eigenvalue weighted by atomic mass is 32.2. The first-order valence-electron chi connectivity index (χ1n) is 6.21. The van der Waals surface area contributed by atoms with Crippen molar-refractivity contribution >= 4 is 9.84 Å². The Balaban J connectivity index is 2.46. The summed E-state index contributed by atoms with van der Waals surface area (Å²) in [6, 6.07) is 0. The Kier molecular flexibility index (Phi) is 5.85. The van der Waals surface area contributed by atoms with E-state index < -0.39 is 9.84 Å². The van der Waals surface area contributed by atoms with E-state index in [0.29, 0.717) is 19.7 Å². The Bertz CT molecular complexity index is 319. The average Bonchev–Trinajstić information content (AvgIpc) is 2.27. The minimum Gasteiger partial charge on any atom is -0.374 e. The van der Waals surface area contributed by atoms with Crippen LogP contribution in [0.15, 0.2) is 0 Å². The third kappa shape index (κ3) is 5.33. The van der Waals surface area contributed by atoms with E-state index in [9.17, 15) is 8.42 Å². The van der Waals surface area contributed by atoms with Crippen molar-refractivity contribution in [2.24, 2.45) is 11.7 Å². The van der Waals surface area contributed by atoms with Gasteiger partial charge in [0.25, 0.3) is 0 Å². The predicted molar refractivity (Wildman–Crippen MR) is 68.7 cm³/mol. The van der Waals surface area contributed by atoms with Crippen molar-refractivity contribution in [3.8, 4) is 0 Å². The van der Waals surface area contributed by atoms with Gasteiger partial charge in [0.1, 0.15) is 0 Å². The monoisotopic (exact) mass is 264 g/mol. The largest absolute Gasteiger partial charge is 0.374 e. The number of ether oxygens (including phenoxy) is 1. The molecule has 17 heavy (non-hydrogen) atoms. The number of nitrogens with zero attached hydrogens (tertiary/aromatic N) is 1. The number of rotatable bonds is 6. The summed E-state index contributed by atoms with van der Waals surface area (Å²) in [6.07, 6.45) is -0.182. The summed E-state index contributed by atoms with van der Waals surface area (Å²) in [4.78, 5) is 2.22. The lowest BCUT2D eigenvalue weighted by Crippen LogP contribution is -2.45. The summed E-state index contributed by atoms with van der Waals surface area (Å²) in [6.45, 7) is 7.52. The lowest BCUT2D eigenvalue weighted by molar-refractivity contribution is -0.0145. The van der Waals surface area contributed by atoms with Crippen molar-refractivity contribution in [3.63, 3.8) is 0 Å². The molecule has 0 aliphatic carbocycles. The maximum atomic E-state index is 11.9. The van der Waals surface area contributed by atoms with E-state index in [1.807, 2.05) is 6.92 Å². The van der Waals surface area contributed by atoms with Crippen LogP contribution < -0.4 is 5.73 Å². The van der Waals surface area contributed by atoms with Crippen molar-refractivity contribution < 1.29 is 13.2 Å².